The van der Waals surface area contributed by atoms with E-state index in [0.29, 0.717) is 12.2 Å². The number of unbranched alkanes of at least 4 members (excludes halogenated alkanes) is 1. The maximum Gasteiger partial charge on any atom is 0.302 e. The molecule has 0 atom stereocenters. The van der Waals surface area contributed by atoms with E-state index in [0.717, 1.165) is 23.5 Å². The molecule has 0 amide bonds. The van der Waals surface area contributed by atoms with Gasteiger partial charge in [-0.2, -0.15) is 5.26 Å². The number of benzene rings is 1. The molecule has 1 aromatic carbocycles. The van der Waals surface area contributed by atoms with Gasteiger partial charge >= 0.3 is 5.97 Å². The zero-order valence-corrected chi connectivity index (χ0v) is 10.6. The van der Waals surface area contributed by atoms with E-state index in [4.69, 9.17) is 10.00 Å². The maximum atomic E-state index is 10.5. The van der Waals surface area contributed by atoms with Crippen LogP contribution in [-0.2, 0) is 9.53 Å². The van der Waals surface area contributed by atoms with Crippen LogP contribution < -0.4 is 0 Å². The zero-order valence-electron chi connectivity index (χ0n) is 9.81. The number of ether oxygens (including phenoxy) is 1. The number of carbonyl (C=O) groups is 1. The Labute approximate surface area is 106 Å². The van der Waals surface area contributed by atoms with E-state index in [1.54, 1.807) is 17.8 Å². The van der Waals surface area contributed by atoms with Gasteiger partial charge in [0, 0.05) is 11.8 Å². The van der Waals surface area contributed by atoms with Crippen LogP contribution in [0.2, 0.25) is 0 Å². The van der Waals surface area contributed by atoms with Crippen LogP contribution in [0, 0.1) is 11.3 Å². The minimum Gasteiger partial charge on any atom is -0.466 e. The first kappa shape index (κ1) is 13.6. The lowest BCUT2D eigenvalue weighted by molar-refractivity contribution is -0.141. The second-order valence-electron chi connectivity index (χ2n) is 3.54. The van der Waals surface area contributed by atoms with Crippen LogP contribution in [0.1, 0.15) is 25.3 Å². The predicted octanol–water partition coefficient (Wildman–Crippen LogP) is 2.99. The number of hydrogen-bond acceptors (Lipinski definition) is 4. The van der Waals surface area contributed by atoms with E-state index in [1.165, 1.54) is 6.92 Å². The summed E-state index contributed by atoms with van der Waals surface area (Å²) < 4.78 is 4.84. The fourth-order valence-corrected chi connectivity index (χ4v) is 2.23. The average Bonchev–Trinajstić information content (AvgIpc) is 2.33. The van der Waals surface area contributed by atoms with Crippen LogP contribution >= 0.6 is 11.8 Å². The second-order valence-corrected chi connectivity index (χ2v) is 4.70. The number of thioether (sulfide) groups is 1. The molecule has 1 aromatic rings. The Hall–Kier alpha value is -1.47. The van der Waals surface area contributed by atoms with Crippen molar-refractivity contribution >= 4 is 17.7 Å². The molecule has 0 N–H and O–H groups in total. The Kier molecular flexibility index (Phi) is 6.19. The van der Waals surface area contributed by atoms with Crippen LogP contribution in [0.4, 0.5) is 0 Å². The number of nitriles is 1. The normalized spacial score (nSPS) is 9.65. The molecule has 1 rings (SSSR count). The molecular formula is C13H15NO2S. The molecule has 0 spiro atoms. The van der Waals surface area contributed by atoms with E-state index >= 15 is 0 Å². The minimum atomic E-state index is -0.223. The highest BCUT2D eigenvalue weighted by molar-refractivity contribution is 7.99. The van der Waals surface area contributed by atoms with E-state index in [-0.39, 0.29) is 5.97 Å². The molecule has 0 aliphatic carbocycles. The number of hydrogen-bond donors (Lipinski definition) is 0. The van der Waals surface area contributed by atoms with Crippen molar-refractivity contribution in [3.05, 3.63) is 29.8 Å². The highest BCUT2D eigenvalue weighted by Gasteiger charge is 1.97. The molecule has 0 aromatic heterocycles. The molecule has 0 saturated heterocycles. The molecule has 0 heterocycles. The van der Waals surface area contributed by atoms with Gasteiger partial charge in [0.05, 0.1) is 18.2 Å². The van der Waals surface area contributed by atoms with E-state index in [1.807, 2.05) is 18.2 Å². The third-order valence-electron chi connectivity index (χ3n) is 2.08. The fourth-order valence-electron chi connectivity index (χ4n) is 1.27. The summed E-state index contributed by atoms with van der Waals surface area (Å²) in [6.45, 7) is 1.91. The van der Waals surface area contributed by atoms with Gasteiger partial charge in [-0.3, -0.25) is 4.79 Å². The molecule has 0 radical (unpaired) electrons. The lowest BCUT2D eigenvalue weighted by Gasteiger charge is -2.03. The first-order chi connectivity index (χ1) is 8.22. The lowest BCUT2D eigenvalue weighted by atomic mass is 10.2. The fraction of sp³-hybridized carbons (Fsp3) is 0.385. The van der Waals surface area contributed by atoms with Crippen LogP contribution in [0.5, 0.6) is 0 Å². The Morgan fingerprint density at radius 1 is 1.47 bits per heavy atom. The van der Waals surface area contributed by atoms with Crippen molar-refractivity contribution in [1.29, 1.82) is 5.26 Å². The summed E-state index contributed by atoms with van der Waals surface area (Å²) in [5.41, 5.74) is 0.690. The topological polar surface area (TPSA) is 50.1 Å². The van der Waals surface area contributed by atoms with Crippen LogP contribution in [0.3, 0.4) is 0 Å². The third kappa shape index (κ3) is 5.98. The molecule has 90 valence electrons. The molecule has 0 saturated carbocycles. The maximum absolute atomic E-state index is 10.5. The molecular weight excluding hydrogens is 234 g/mol. The number of esters is 1. The molecule has 0 aliphatic heterocycles. The largest absolute Gasteiger partial charge is 0.466 e. The molecule has 0 fully saturated rings. The number of nitrogens with zero attached hydrogens (tertiary/aromatic N) is 1. The number of carbonyl (C=O) groups excluding carboxylic acids is 1. The summed E-state index contributed by atoms with van der Waals surface area (Å²) in [6, 6.07) is 9.69. The summed E-state index contributed by atoms with van der Waals surface area (Å²) in [5, 5.41) is 8.75. The van der Waals surface area contributed by atoms with E-state index in [2.05, 4.69) is 6.07 Å². The standard InChI is InChI=1S/C13H15NO2S/c1-11(15)16-7-2-3-8-17-13-6-4-5-12(9-13)10-14/h4-6,9H,2-3,7-8H2,1H3. The molecule has 0 unspecified atom stereocenters. The summed E-state index contributed by atoms with van der Waals surface area (Å²) in [5.74, 6) is 0.746. The van der Waals surface area contributed by atoms with Gasteiger partial charge < -0.3 is 4.74 Å². The first-order valence-electron chi connectivity index (χ1n) is 5.48. The van der Waals surface area contributed by atoms with Gasteiger partial charge in [-0.1, -0.05) is 6.07 Å². The SMILES string of the molecule is CC(=O)OCCCCSc1cccc(C#N)c1. The lowest BCUT2D eigenvalue weighted by Crippen LogP contribution is -2.00. The highest BCUT2D eigenvalue weighted by Crippen LogP contribution is 2.20. The van der Waals surface area contributed by atoms with Crippen LogP contribution in [0.15, 0.2) is 29.2 Å². The predicted molar refractivity (Wildman–Crippen MR) is 67.7 cm³/mol. The van der Waals surface area contributed by atoms with Crippen molar-refractivity contribution in [1.82, 2.24) is 0 Å². The summed E-state index contributed by atoms with van der Waals surface area (Å²) >= 11 is 1.72. The van der Waals surface area contributed by atoms with Gasteiger partial charge in [0.2, 0.25) is 0 Å². The highest BCUT2D eigenvalue weighted by atomic mass is 32.2. The van der Waals surface area contributed by atoms with Gasteiger partial charge in [0.1, 0.15) is 0 Å². The Morgan fingerprint density at radius 3 is 3.00 bits per heavy atom. The molecule has 0 aliphatic rings. The van der Waals surface area contributed by atoms with Crippen molar-refractivity contribution < 1.29 is 9.53 Å². The van der Waals surface area contributed by atoms with Gasteiger partial charge in [-0.15, -0.1) is 11.8 Å². The van der Waals surface area contributed by atoms with Gasteiger partial charge in [-0.25, -0.2) is 0 Å². The third-order valence-corrected chi connectivity index (χ3v) is 3.16. The average molecular weight is 249 g/mol. The summed E-state index contributed by atoms with van der Waals surface area (Å²) in [4.78, 5) is 11.6. The Balaban J connectivity index is 2.18. The number of rotatable bonds is 6. The van der Waals surface area contributed by atoms with Crippen LogP contribution in [0.25, 0.3) is 0 Å². The molecule has 4 heteroatoms. The van der Waals surface area contributed by atoms with Crippen molar-refractivity contribution in [2.24, 2.45) is 0 Å². The van der Waals surface area contributed by atoms with Crippen molar-refractivity contribution in [2.75, 3.05) is 12.4 Å². The summed E-state index contributed by atoms with van der Waals surface area (Å²) in [7, 11) is 0. The van der Waals surface area contributed by atoms with Gasteiger partial charge in [0.25, 0.3) is 0 Å². The van der Waals surface area contributed by atoms with Gasteiger partial charge in [0.15, 0.2) is 0 Å². The van der Waals surface area contributed by atoms with Crippen molar-refractivity contribution in [3.63, 3.8) is 0 Å². The van der Waals surface area contributed by atoms with E-state index < -0.39 is 0 Å². The quantitative estimate of drug-likeness (QED) is 0.442. The van der Waals surface area contributed by atoms with E-state index in [9.17, 15) is 4.79 Å². The Morgan fingerprint density at radius 2 is 2.29 bits per heavy atom. The second kappa shape index (κ2) is 7.75. The first-order valence-corrected chi connectivity index (χ1v) is 6.47. The van der Waals surface area contributed by atoms with Crippen LogP contribution in [-0.4, -0.2) is 18.3 Å². The van der Waals surface area contributed by atoms with Crippen molar-refractivity contribution in [2.45, 2.75) is 24.7 Å². The Bertz CT molecular complexity index is 412. The van der Waals surface area contributed by atoms with Gasteiger partial charge in [-0.05, 0) is 36.8 Å². The summed E-state index contributed by atoms with van der Waals surface area (Å²) in [6.07, 6.45) is 1.87. The smallest absolute Gasteiger partial charge is 0.302 e. The molecule has 3 nitrogen and oxygen atoms in total. The molecule has 0 bridgehead atoms. The van der Waals surface area contributed by atoms with Crippen molar-refractivity contribution in [3.8, 4) is 6.07 Å². The minimum absolute atomic E-state index is 0.223. The zero-order chi connectivity index (χ0) is 12.5. The molecule has 17 heavy (non-hydrogen) atoms. The monoisotopic (exact) mass is 249 g/mol.